The van der Waals surface area contributed by atoms with E-state index in [1.807, 2.05) is 0 Å². The van der Waals surface area contributed by atoms with Gasteiger partial charge in [-0.25, -0.2) is 0 Å². The summed E-state index contributed by atoms with van der Waals surface area (Å²) < 4.78 is 6.12. The first kappa shape index (κ1) is 37.0. The molecule has 0 radical (unpaired) electrons. The Hall–Kier alpha value is -0.790. The zero-order valence-electron chi connectivity index (χ0n) is 31.3. The van der Waals surface area contributed by atoms with Crippen LogP contribution in [0.3, 0.4) is 0 Å². The van der Waals surface area contributed by atoms with Crippen LogP contribution in [-0.2, 0) is 9.53 Å². The highest BCUT2D eigenvalue weighted by atomic mass is 16.5. The van der Waals surface area contributed by atoms with Crippen LogP contribution in [0, 0.1) is 52.3 Å². The van der Waals surface area contributed by atoms with Gasteiger partial charge in [0.25, 0.3) is 0 Å². The largest absolute Gasteiger partial charge is 0.462 e. The Bertz CT molecular complexity index is 919. The van der Waals surface area contributed by atoms with Gasteiger partial charge < -0.3 is 4.74 Å². The van der Waals surface area contributed by atoms with Crippen LogP contribution in [0.15, 0.2) is 11.6 Å². The van der Waals surface area contributed by atoms with Crippen molar-refractivity contribution in [3.8, 4) is 0 Å². The zero-order valence-corrected chi connectivity index (χ0v) is 31.3. The first-order valence-corrected chi connectivity index (χ1v) is 20.5. The van der Waals surface area contributed by atoms with E-state index in [0.29, 0.717) is 17.3 Å². The van der Waals surface area contributed by atoms with Crippen LogP contribution in [0.5, 0.6) is 0 Å². The van der Waals surface area contributed by atoms with Crippen LogP contribution in [0.25, 0.3) is 0 Å². The quantitative estimate of drug-likeness (QED) is 0.0812. The molecule has 0 saturated heterocycles. The minimum absolute atomic E-state index is 0.0621. The van der Waals surface area contributed by atoms with Gasteiger partial charge in [0.15, 0.2) is 0 Å². The van der Waals surface area contributed by atoms with Gasteiger partial charge in [-0.15, -0.1) is 0 Å². The molecule has 4 rings (SSSR count). The number of allylic oxidation sites excluding steroid dienone is 1. The summed E-state index contributed by atoms with van der Waals surface area (Å²) in [4.78, 5) is 12.8. The van der Waals surface area contributed by atoms with E-state index >= 15 is 0 Å². The number of carbonyl (C=O) groups is 1. The van der Waals surface area contributed by atoms with Gasteiger partial charge in [0.2, 0.25) is 0 Å². The molecule has 260 valence electrons. The highest BCUT2D eigenvalue weighted by Crippen LogP contribution is 2.67. The molecule has 3 saturated carbocycles. The molecule has 0 N–H and O–H groups in total. The van der Waals surface area contributed by atoms with E-state index in [0.717, 1.165) is 60.7 Å². The van der Waals surface area contributed by atoms with Gasteiger partial charge >= 0.3 is 5.97 Å². The van der Waals surface area contributed by atoms with Crippen molar-refractivity contribution >= 4 is 5.97 Å². The molecule has 0 aliphatic heterocycles. The summed E-state index contributed by atoms with van der Waals surface area (Å²) in [5.41, 5.74) is 2.52. The third-order valence-electron chi connectivity index (χ3n) is 14.6. The lowest BCUT2D eigenvalue weighted by Crippen LogP contribution is -2.51. The molecule has 0 spiro atoms. The maximum absolute atomic E-state index is 12.8. The van der Waals surface area contributed by atoms with Gasteiger partial charge in [0.1, 0.15) is 6.10 Å². The van der Waals surface area contributed by atoms with Crippen molar-refractivity contribution in [3.63, 3.8) is 0 Å². The van der Waals surface area contributed by atoms with Crippen LogP contribution in [0.1, 0.15) is 196 Å². The van der Waals surface area contributed by atoms with Crippen LogP contribution in [0.2, 0.25) is 0 Å². The molecular weight excluding hydrogens is 548 g/mol. The lowest BCUT2D eigenvalue weighted by molar-refractivity contribution is -0.151. The molecule has 4 aliphatic rings. The van der Waals surface area contributed by atoms with Gasteiger partial charge in [-0.2, -0.15) is 0 Å². The van der Waals surface area contributed by atoms with Crippen LogP contribution in [0.4, 0.5) is 0 Å². The van der Waals surface area contributed by atoms with Crippen molar-refractivity contribution in [2.24, 2.45) is 52.3 Å². The molecule has 2 heteroatoms. The zero-order chi connectivity index (χ0) is 32.5. The molecule has 9 atom stereocenters. The minimum Gasteiger partial charge on any atom is -0.462 e. The van der Waals surface area contributed by atoms with Crippen LogP contribution in [-0.4, -0.2) is 12.1 Å². The lowest BCUT2D eigenvalue weighted by atomic mass is 9.47. The average molecular weight is 625 g/mol. The topological polar surface area (TPSA) is 26.3 Å². The van der Waals surface area contributed by atoms with E-state index in [-0.39, 0.29) is 12.1 Å². The van der Waals surface area contributed by atoms with E-state index in [2.05, 4.69) is 54.5 Å². The molecule has 0 heterocycles. The summed E-state index contributed by atoms with van der Waals surface area (Å²) >= 11 is 0. The van der Waals surface area contributed by atoms with E-state index in [1.54, 1.807) is 5.57 Å². The predicted molar refractivity (Wildman–Crippen MR) is 193 cm³/mol. The van der Waals surface area contributed by atoms with Crippen molar-refractivity contribution in [1.82, 2.24) is 0 Å². The second-order valence-electron chi connectivity index (χ2n) is 17.6. The fraction of sp³-hybridized carbons (Fsp3) is 0.930. The van der Waals surface area contributed by atoms with Crippen molar-refractivity contribution in [1.29, 1.82) is 0 Å². The van der Waals surface area contributed by atoms with E-state index < -0.39 is 0 Å². The number of unbranched alkanes of at least 4 members (excludes halogenated alkanes) is 10. The highest BCUT2D eigenvalue weighted by molar-refractivity contribution is 5.69. The van der Waals surface area contributed by atoms with Gasteiger partial charge in [-0.05, 0) is 110 Å². The van der Waals surface area contributed by atoms with Crippen molar-refractivity contribution in [2.75, 3.05) is 0 Å². The van der Waals surface area contributed by atoms with E-state index in [1.165, 1.54) is 122 Å². The monoisotopic (exact) mass is 625 g/mol. The number of carbonyl (C=O) groups excluding carboxylic acids is 1. The minimum atomic E-state index is 0.0621. The fourth-order valence-corrected chi connectivity index (χ4v) is 11.6. The molecule has 45 heavy (non-hydrogen) atoms. The molecule has 9 unspecified atom stereocenters. The van der Waals surface area contributed by atoms with Gasteiger partial charge in [0.05, 0.1) is 0 Å². The Morgan fingerprint density at radius 3 is 2.13 bits per heavy atom. The summed E-state index contributed by atoms with van der Waals surface area (Å²) in [5.74, 6) is 6.18. The number of ether oxygens (including phenoxy) is 1. The second kappa shape index (κ2) is 17.6. The lowest BCUT2D eigenvalue weighted by Gasteiger charge is -2.58. The number of rotatable bonds is 19. The van der Waals surface area contributed by atoms with E-state index in [9.17, 15) is 4.79 Å². The Balaban J connectivity index is 1.20. The average Bonchev–Trinajstić information content (AvgIpc) is 3.37. The summed E-state index contributed by atoms with van der Waals surface area (Å²) in [5, 5.41) is 0. The first-order valence-electron chi connectivity index (χ1n) is 20.5. The van der Waals surface area contributed by atoms with Crippen molar-refractivity contribution < 1.29 is 9.53 Å². The molecule has 4 aliphatic carbocycles. The van der Waals surface area contributed by atoms with Crippen LogP contribution < -0.4 is 0 Å². The normalized spacial score (nSPS) is 34.0. The Morgan fingerprint density at radius 1 is 0.822 bits per heavy atom. The highest BCUT2D eigenvalue weighted by Gasteiger charge is 2.59. The molecule has 3 fully saturated rings. The molecule has 0 bridgehead atoms. The molecule has 0 aromatic carbocycles. The predicted octanol–water partition coefficient (Wildman–Crippen LogP) is 13.3. The summed E-state index contributed by atoms with van der Waals surface area (Å²) in [6, 6.07) is 0. The SMILES string of the molecule is CCCCCCCCCCCCCC(=O)OC1CCC2(C)C(=CCC3C2CCC2(C)C(C(C)CCC(CC)C(C)C)CCC32)C1. The molecule has 0 amide bonds. The van der Waals surface area contributed by atoms with Crippen LogP contribution >= 0.6 is 0 Å². The number of esters is 1. The van der Waals surface area contributed by atoms with E-state index in [4.69, 9.17) is 4.74 Å². The third-order valence-corrected chi connectivity index (χ3v) is 14.6. The third kappa shape index (κ3) is 9.22. The van der Waals surface area contributed by atoms with Gasteiger partial charge in [-0.1, -0.05) is 137 Å². The smallest absolute Gasteiger partial charge is 0.306 e. The number of hydrogen-bond acceptors (Lipinski definition) is 2. The molecule has 0 aromatic rings. The Morgan fingerprint density at radius 2 is 1.49 bits per heavy atom. The number of fused-ring (bicyclic) bond motifs is 5. The molecule has 2 nitrogen and oxygen atoms in total. The number of hydrogen-bond donors (Lipinski definition) is 0. The fourth-order valence-electron chi connectivity index (χ4n) is 11.6. The summed E-state index contributed by atoms with van der Waals surface area (Å²) in [6.45, 7) is 17.5. The standard InChI is InChI=1S/C43H76O2/c1-8-10-11-12-13-14-15-16-17-18-19-20-41(44)45-36-27-29-42(6)35(31-36)23-24-37-39-26-25-38(43(39,7)30-28-40(37)42)33(5)21-22-34(9-2)32(3)4/h23,32-34,36-40H,8-22,24-31H2,1-7H3. The summed E-state index contributed by atoms with van der Waals surface area (Å²) in [6.07, 6.45) is 32.4. The van der Waals surface area contributed by atoms with Gasteiger partial charge in [0, 0.05) is 12.8 Å². The molecule has 0 aromatic heterocycles. The Kier molecular flexibility index (Phi) is 14.5. The maximum Gasteiger partial charge on any atom is 0.306 e. The first-order chi connectivity index (χ1) is 21.6. The Labute approximate surface area is 281 Å². The molecular formula is C43H76O2. The van der Waals surface area contributed by atoms with Gasteiger partial charge in [-0.3, -0.25) is 4.79 Å². The second-order valence-corrected chi connectivity index (χ2v) is 17.6. The van der Waals surface area contributed by atoms with Crippen molar-refractivity contribution in [2.45, 2.75) is 202 Å². The summed E-state index contributed by atoms with van der Waals surface area (Å²) in [7, 11) is 0. The van der Waals surface area contributed by atoms with Crippen molar-refractivity contribution in [3.05, 3.63) is 11.6 Å². The maximum atomic E-state index is 12.8.